The van der Waals surface area contributed by atoms with Gasteiger partial charge in [0, 0.05) is 11.1 Å². The summed E-state index contributed by atoms with van der Waals surface area (Å²) in [6.45, 7) is 12.7. The van der Waals surface area contributed by atoms with Gasteiger partial charge in [0.25, 0.3) is 0 Å². The second-order valence-electron chi connectivity index (χ2n) is 4.94. The van der Waals surface area contributed by atoms with E-state index in [0.717, 1.165) is 0 Å². The molecule has 0 rings (SSSR count). The molecular formula is C9H18NNaS2. The van der Waals surface area contributed by atoms with Crippen molar-refractivity contribution in [3.05, 3.63) is 0 Å². The van der Waals surface area contributed by atoms with E-state index in [1.54, 1.807) is 0 Å². The van der Waals surface area contributed by atoms with Crippen LogP contribution in [-0.2, 0) is 12.6 Å². The Labute approximate surface area is 115 Å². The standard InChI is InChI=1S/C9H19NS2.Na/c1-8(2,3)10(7(11)12)9(4,5)6;/h1-6H3,(H,11,12);/q;+1/p-1. The molecular weight excluding hydrogens is 209 g/mol. The van der Waals surface area contributed by atoms with E-state index in [9.17, 15) is 0 Å². The average Bonchev–Trinajstić information content (AvgIpc) is 1.49. The largest absolute Gasteiger partial charge is 1.00 e. The van der Waals surface area contributed by atoms with Crippen molar-refractivity contribution in [3.8, 4) is 0 Å². The third-order valence-electron chi connectivity index (χ3n) is 1.52. The third-order valence-corrected chi connectivity index (χ3v) is 1.89. The van der Waals surface area contributed by atoms with Gasteiger partial charge in [-0.25, -0.2) is 0 Å². The zero-order valence-corrected chi connectivity index (χ0v) is 13.4. The van der Waals surface area contributed by atoms with Gasteiger partial charge < -0.3 is 29.7 Å². The second kappa shape index (κ2) is 5.26. The van der Waals surface area contributed by atoms with Crippen molar-refractivity contribution in [3.63, 3.8) is 0 Å². The van der Waals surface area contributed by atoms with Crippen molar-refractivity contribution in [1.29, 1.82) is 0 Å². The summed E-state index contributed by atoms with van der Waals surface area (Å²) >= 11 is 10.1. The van der Waals surface area contributed by atoms with Gasteiger partial charge in [-0.05, 0) is 41.5 Å². The van der Waals surface area contributed by atoms with Gasteiger partial charge in [0.2, 0.25) is 0 Å². The Morgan fingerprint density at radius 3 is 1.23 bits per heavy atom. The molecule has 0 spiro atoms. The molecule has 0 aromatic carbocycles. The van der Waals surface area contributed by atoms with Crippen molar-refractivity contribution in [1.82, 2.24) is 4.90 Å². The molecule has 0 radical (unpaired) electrons. The number of rotatable bonds is 0. The SMILES string of the molecule is CC(C)(C)N(C(=S)[S-])C(C)(C)C.[Na+]. The van der Waals surface area contributed by atoms with Crippen molar-refractivity contribution in [2.24, 2.45) is 0 Å². The predicted octanol–water partition coefficient (Wildman–Crippen LogP) is -0.279. The zero-order chi connectivity index (χ0) is 10.2. The first-order valence-electron chi connectivity index (χ1n) is 4.08. The van der Waals surface area contributed by atoms with Crippen LogP contribution in [0.25, 0.3) is 0 Å². The fraction of sp³-hybridized carbons (Fsp3) is 0.889. The van der Waals surface area contributed by atoms with E-state index in [2.05, 4.69) is 46.4 Å². The summed E-state index contributed by atoms with van der Waals surface area (Å²) in [4.78, 5) is 2.09. The molecule has 0 aliphatic rings. The Morgan fingerprint density at radius 2 is 1.23 bits per heavy atom. The van der Waals surface area contributed by atoms with E-state index < -0.39 is 0 Å². The summed E-state index contributed by atoms with van der Waals surface area (Å²) in [5, 5.41) is 0. The molecule has 4 heteroatoms. The normalized spacial score (nSPS) is 11.8. The van der Waals surface area contributed by atoms with Crippen LogP contribution in [0.3, 0.4) is 0 Å². The van der Waals surface area contributed by atoms with Crippen LogP contribution in [0.2, 0.25) is 0 Å². The first kappa shape index (κ1) is 16.5. The summed E-state index contributed by atoms with van der Waals surface area (Å²) in [6.07, 6.45) is 0. The number of thiocarbonyl (C=S) groups is 1. The second-order valence-corrected chi connectivity index (χ2v) is 5.97. The molecule has 0 amide bonds. The first-order chi connectivity index (χ1) is 5.07. The molecule has 0 bridgehead atoms. The maximum Gasteiger partial charge on any atom is 1.00 e. The summed E-state index contributed by atoms with van der Waals surface area (Å²) in [5.74, 6) is 0. The Bertz CT molecular complexity index is 165. The van der Waals surface area contributed by atoms with Crippen LogP contribution in [0.1, 0.15) is 41.5 Å². The van der Waals surface area contributed by atoms with E-state index in [1.807, 2.05) is 0 Å². The molecule has 0 aliphatic carbocycles. The molecule has 0 saturated carbocycles. The first-order valence-corrected chi connectivity index (χ1v) is 4.90. The molecule has 0 aliphatic heterocycles. The summed E-state index contributed by atoms with van der Waals surface area (Å²) in [6, 6.07) is 0. The average molecular weight is 227 g/mol. The minimum Gasteiger partial charge on any atom is -0.411 e. The molecule has 0 N–H and O–H groups in total. The molecule has 72 valence electrons. The Kier molecular flexibility index (Phi) is 6.70. The Morgan fingerprint density at radius 1 is 1.00 bits per heavy atom. The summed E-state index contributed by atoms with van der Waals surface area (Å²) < 4.78 is 0.551. The van der Waals surface area contributed by atoms with Crippen LogP contribution in [0.15, 0.2) is 0 Å². The number of hydrogen-bond acceptors (Lipinski definition) is 2. The fourth-order valence-corrected chi connectivity index (χ4v) is 2.65. The minimum absolute atomic E-state index is 0. The number of hydrogen-bond donors (Lipinski definition) is 0. The molecule has 1 nitrogen and oxygen atoms in total. The monoisotopic (exact) mass is 227 g/mol. The van der Waals surface area contributed by atoms with E-state index in [0.29, 0.717) is 4.32 Å². The van der Waals surface area contributed by atoms with Crippen molar-refractivity contribution < 1.29 is 29.6 Å². The molecule has 0 atom stereocenters. The molecule has 0 saturated heterocycles. The molecule has 0 fully saturated rings. The van der Waals surface area contributed by atoms with E-state index in [1.165, 1.54) is 0 Å². The quantitative estimate of drug-likeness (QED) is 0.318. The van der Waals surface area contributed by atoms with Gasteiger partial charge in [-0.1, -0.05) is 4.32 Å². The van der Waals surface area contributed by atoms with Crippen molar-refractivity contribution in [2.45, 2.75) is 52.6 Å². The summed E-state index contributed by atoms with van der Waals surface area (Å²) in [5.41, 5.74) is 0.0220. The van der Waals surface area contributed by atoms with Gasteiger partial charge in [0.15, 0.2) is 0 Å². The number of nitrogens with zero attached hydrogens (tertiary/aromatic N) is 1. The van der Waals surface area contributed by atoms with Gasteiger partial charge in [-0.2, -0.15) is 0 Å². The van der Waals surface area contributed by atoms with Gasteiger partial charge in [-0.15, -0.1) is 0 Å². The minimum atomic E-state index is 0. The molecule has 0 aromatic heterocycles. The van der Waals surface area contributed by atoms with Gasteiger partial charge in [0.1, 0.15) is 0 Å². The summed E-state index contributed by atoms with van der Waals surface area (Å²) in [7, 11) is 0. The topological polar surface area (TPSA) is 3.24 Å². The zero-order valence-electron chi connectivity index (χ0n) is 9.76. The van der Waals surface area contributed by atoms with Crippen LogP contribution in [0.4, 0.5) is 0 Å². The van der Waals surface area contributed by atoms with Crippen LogP contribution < -0.4 is 29.6 Å². The van der Waals surface area contributed by atoms with Gasteiger partial charge in [-0.3, -0.25) is 0 Å². The van der Waals surface area contributed by atoms with Gasteiger partial charge >= 0.3 is 29.6 Å². The van der Waals surface area contributed by atoms with E-state index in [-0.39, 0.29) is 40.6 Å². The molecule has 0 heterocycles. The van der Waals surface area contributed by atoms with E-state index in [4.69, 9.17) is 24.8 Å². The van der Waals surface area contributed by atoms with Crippen LogP contribution in [0.5, 0.6) is 0 Å². The van der Waals surface area contributed by atoms with Crippen molar-refractivity contribution in [2.75, 3.05) is 0 Å². The van der Waals surface area contributed by atoms with Crippen molar-refractivity contribution >= 4 is 29.2 Å². The van der Waals surface area contributed by atoms with Crippen LogP contribution in [0, 0.1) is 0 Å². The Hall–Kier alpha value is 1.11. The fourth-order valence-electron chi connectivity index (χ4n) is 1.55. The third kappa shape index (κ3) is 5.53. The molecule has 13 heavy (non-hydrogen) atoms. The maximum absolute atomic E-state index is 5.05. The van der Waals surface area contributed by atoms with Gasteiger partial charge in [0.05, 0.1) is 0 Å². The maximum atomic E-state index is 5.05. The predicted molar refractivity (Wildman–Crippen MR) is 61.3 cm³/mol. The Balaban J connectivity index is 0. The smallest absolute Gasteiger partial charge is 0.411 e. The molecule has 0 aromatic rings. The van der Waals surface area contributed by atoms with E-state index >= 15 is 0 Å². The van der Waals surface area contributed by atoms with Crippen LogP contribution in [-0.4, -0.2) is 20.3 Å². The molecule has 0 unspecified atom stereocenters. The van der Waals surface area contributed by atoms with Crippen LogP contribution >= 0.6 is 12.2 Å².